The number of nitrogens with zero attached hydrogens (tertiary/aromatic N) is 4. The lowest BCUT2D eigenvalue weighted by atomic mass is 10.1. The van der Waals surface area contributed by atoms with Gasteiger partial charge in [0.15, 0.2) is 0 Å². The van der Waals surface area contributed by atoms with Gasteiger partial charge in [0.25, 0.3) is 0 Å². The number of rotatable bonds is 3. The molecule has 5 nitrogen and oxygen atoms in total. The van der Waals surface area contributed by atoms with Crippen molar-refractivity contribution in [2.24, 2.45) is 7.05 Å². The molecule has 1 N–H and O–H groups in total. The zero-order chi connectivity index (χ0) is 10.7. The highest BCUT2D eigenvalue weighted by molar-refractivity contribution is 4.87. The molecular formula is C10H19N5. The molecular weight excluding hydrogens is 190 g/mol. The molecule has 1 aromatic rings. The van der Waals surface area contributed by atoms with E-state index < -0.39 is 0 Å². The lowest BCUT2D eigenvalue weighted by Crippen LogP contribution is -2.50. The molecule has 2 rings (SSSR count). The highest BCUT2D eigenvalue weighted by Gasteiger charge is 2.21. The molecule has 1 fully saturated rings. The summed E-state index contributed by atoms with van der Waals surface area (Å²) in [5.74, 6) is 1.05. The molecule has 1 saturated heterocycles. The summed E-state index contributed by atoms with van der Waals surface area (Å²) in [5, 5.41) is 7.52. The van der Waals surface area contributed by atoms with Crippen LogP contribution in [0.4, 0.5) is 0 Å². The van der Waals surface area contributed by atoms with Gasteiger partial charge in [0, 0.05) is 32.7 Å². The van der Waals surface area contributed by atoms with Gasteiger partial charge in [0.1, 0.15) is 12.2 Å². The SMILES string of the molecule is CCC1CNCCN1Cc1ncnn1C. The molecule has 15 heavy (non-hydrogen) atoms. The predicted molar refractivity (Wildman–Crippen MR) is 58.4 cm³/mol. The monoisotopic (exact) mass is 209 g/mol. The van der Waals surface area contributed by atoms with E-state index in [9.17, 15) is 0 Å². The Balaban J connectivity index is 2.00. The van der Waals surface area contributed by atoms with E-state index in [1.165, 1.54) is 6.42 Å². The maximum atomic E-state index is 4.27. The highest BCUT2D eigenvalue weighted by Crippen LogP contribution is 2.10. The molecule has 0 radical (unpaired) electrons. The van der Waals surface area contributed by atoms with Crippen molar-refractivity contribution in [3.63, 3.8) is 0 Å². The average molecular weight is 209 g/mol. The highest BCUT2D eigenvalue weighted by atomic mass is 15.3. The number of hydrogen-bond acceptors (Lipinski definition) is 4. The molecule has 5 heteroatoms. The third-order valence-electron chi connectivity index (χ3n) is 3.09. The Morgan fingerprint density at radius 2 is 2.47 bits per heavy atom. The number of nitrogens with one attached hydrogen (secondary N) is 1. The summed E-state index contributed by atoms with van der Waals surface area (Å²) in [4.78, 5) is 6.76. The zero-order valence-electron chi connectivity index (χ0n) is 9.48. The van der Waals surface area contributed by atoms with Crippen LogP contribution in [-0.4, -0.2) is 45.3 Å². The fraction of sp³-hybridized carbons (Fsp3) is 0.800. The van der Waals surface area contributed by atoms with Crippen LogP contribution in [0.1, 0.15) is 19.2 Å². The predicted octanol–water partition coefficient (Wildman–Crippen LogP) is -0.00110. The van der Waals surface area contributed by atoms with Gasteiger partial charge in [-0.15, -0.1) is 0 Å². The van der Waals surface area contributed by atoms with Crippen molar-refractivity contribution in [1.82, 2.24) is 25.0 Å². The Morgan fingerprint density at radius 1 is 1.60 bits per heavy atom. The van der Waals surface area contributed by atoms with Gasteiger partial charge in [-0.3, -0.25) is 9.58 Å². The van der Waals surface area contributed by atoms with E-state index in [2.05, 4.69) is 27.2 Å². The second kappa shape index (κ2) is 4.72. The van der Waals surface area contributed by atoms with E-state index in [1.54, 1.807) is 6.33 Å². The molecule has 0 amide bonds. The van der Waals surface area contributed by atoms with Crippen molar-refractivity contribution < 1.29 is 0 Å². The number of piperazine rings is 1. The van der Waals surface area contributed by atoms with E-state index in [-0.39, 0.29) is 0 Å². The van der Waals surface area contributed by atoms with Crippen LogP contribution in [0.15, 0.2) is 6.33 Å². The summed E-state index contributed by atoms with van der Waals surface area (Å²) in [6.07, 6.45) is 2.81. The number of hydrogen-bond donors (Lipinski definition) is 1. The smallest absolute Gasteiger partial charge is 0.140 e. The average Bonchev–Trinajstić information content (AvgIpc) is 2.65. The summed E-state index contributed by atoms with van der Waals surface area (Å²) in [7, 11) is 1.95. The topological polar surface area (TPSA) is 46.0 Å². The lowest BCUT2D eigenvalue weighted by molar-refractivity contribution is 0.143. The van der Waals surface area contributed by atoms with Crippen LogP contribution >= 0.6 is 0 Å². The Labute approximate surface area is 90.5 Å². The third kappa shape index (κ3) is 2.35. The van der Waals surface area contributed by atoms with Gasteiger partial charge in [0.2, 0.25) is 0 Å². The lowest BCUT2D eigenvalue weighted by Gasteiger charge is -2.35. The minimum absolute atomic E-state index is 0.635. The van der Waals surface area contributed by atoms with Crippen LogP contribution in [0, 0.1) is 0 Å². The van der Waals surface area contributed by atoms with Crippen LogP contribution in [0.3, 0.4) is 0 Å². The van der Waals surface area contributed by atoms with Gasteiger partial charge in [-0.2, -0.15) is 5.10 Å². The minimum Gasteiger partial charge on any atom is -0.314 e. The number of aryl methyl sites for hydroxylation is 1. The molecule has 0 bridgehead atoms. The van der Waals surface area contributed by atoms with E-state index in [0.717, 1.165) is 32.0 Å². The van der Waals surface area contributed by atoms with Gasteiger partial charge < -0.3 is 5.32 Å². The Kier molecular flexibility index (Phi) is 3.33. The summed E-state index contributed by atoms with van der Waals surface area (Å²) in [6.45, 7) is 6.42. The first-order chi connectivity index (χ1) is 7.31. The Hall–Kier alpha value is -0.940. The summed E-state index contributed by atoms with van der Waals surface area (Å²) in [5.41, 5.74) is 0. The van der Waals surface area contributed by atoms with Gasteiger partial charge in [0.05, 0.1) is 6.54 Å². The van der Waals surface area contributed by atoms with E-state index in [1.807, 2.05) is 11.7 Å². The van der Waals surface area contributed by atoms with Crippen LogP contribution in [0.25, 0.3) is 0 Å². The van der Waals surface area contributed by atoms with Crippen molar-refractivity contribution in [2.75, 3.05) is 19.6 Å². The largest absolute Gasteiger partial charge is 0.314 e. The molecule has 1 aliphatic heterocycles. The summed E-state index contributed by atoms with van der Waals surface area (Å²) in [6, 6.07) is 0.635. The zero-order valence-corrected chi connectivity index (χ0v) is 9.48. The van der Waals surface area contributed by atoms with Gasteiger partial charge >= 0.3 is 0 Å². The maximum Gasteiger partial charge on any atom is 0.140 e. The second-order valence-electron chi connectivity index (χ2n) is 4.04. The molecule has 2 heterocycles. The van der Waals surface area contributed by atoms with Gasteiger partial charge in [-0.05, 0) is 6.42 Å². The quantitative estimate of drug-likeness (QED) is 0.761. The summed E-state index contributed by atoms with van der Waals surface area (Å²) >= 11 is 0. The van der Waals surface area contributed by atoms with E-state index in [0.29, 0.717) is 6.04 Å². The number of aromatic nitrogens is 3. The molecule has 1 aromatic heterocycles. The Morgan fingerprint density at radius 3 is 3.13 bits per heavy atom. The van der Waals surface area contributed by atoms with Crippen LogP contribution < -0.4 is 5.32 Å². The first-order valence-electron chi connectivity index (χ1n) is 5.59. The van der Waals surface area contributed by atoms with Crippen LogP contribution in [-0.2, 0) is 13.6 Å². The molecule has 1 aliphatic rings. The fourth-order valence-electron chi connectivity index (χ4n) is 2.06. The molecule has 0 aliphatic carbocycles. The Bertz CT molecular complexity index is 309. The maximum absolute atomic E-state index is 4.27. The van der Waals surface area contributed by atoms with Gasteiger partial charge in [-0.25, -0.2) is 4.98 Å². The molecule has 84 valence electrons. The van der Waals surface area contributed by atoms with Crippen molar-refractivity contribution in [3.05, 3.63) is 12.2 Å². The van der Waals surface area contributed by atoms with Crippen molar-refractivity contribution in [2.45, 2.75) is 25.9 Å². The van der Waals surface area contributed by atoms with Crippen molar-refractivity contribution >= 4 is 0 Å². The van der Waals surface area contributed by atoms with Crippen molar-refractivity contribution in [3.8, 4) is 0 Å². The van der Waals surface area contributed by atoms with Crippen LogP contribution in [0.2, 0.25) is 0 Å². The standard InChI is InChI=1S/C10H19N5/c1-3-9-6-11-4-5-15(9)7-10-12-8-13-14(10)2/h8-9,11H,3-7H2,1-2H3. The summed E-state index contributed by atoms with van der Waals surface area (Å²) < 4.78 is 1.86. The molecule has 0 spiro atoms. The van der Waals surface area contributed by atoms with Crippen LogP contribution in [0.5, 0.6) is 0 Å². The fourth-order valence-corrected chi connectivity index (χ4v) is 2.06. The van der Waals surface area contributed by atoms with E-state index in [4.69, 9.17) is 0 Å². The molecule has 1 unspecified atom stereocenters. The normalized spacial score (nSPS) is 23.2. The van der Waals surface area contributed by atoms with E-state index >= 15 is 0 Å². The second-order valence-corrected chi connectivity index (χ2v) is 4.04. The van der Waals surface area contributed by atoms with Crippen molar-refractivity contribution in [1.29, 1.82) is 0 Å². The first kappa shape index (κ1) is 10.6. The first-order valence-corrected chi connectivity index (χ1v) is 5.59. The molecule has 0 aromatic carbocycles. The minimum atomic E-state index is 0.635. The third-order valence-corrected chi connectivity index (χ3v) is 3.09. The van der Waals surface area contributed by atoms with Gasteiger partial charge in [-0.1, -0.05) is 6.92 Å². The molecule has 0 saturated carbocycles. The molecule has 1 atom stereocenters.